The van der Waals surface area contributed by atoms with Gasteiger partial charge in [-0.1, -0.05) is 30.3 Å². The third-order valence-electron chi connectivity index (χ3n) is 4.54. The van der Waals surface area contributed by atoms with Gasteiger partial charge in [0.1, 0.15) is 18.2 Å². The minimum Gasteiger partial charge on any atom is -0.374 e. The highest BCUT2D eigenvalue weighted by Gasteiger charge is 2.20. The maximum absolute atomic E-state index is 5.53. The summed E-state index contributed by atoms with van der Waals surface area (Å²) in [6.45, 7) is 6.13. The van der Waals surface area contributed by atoms with Crippen molar-refractivity contribution in [2.75, 3.05) is 30.4 Å². The summed E-state index contributed by atoms with van der Waals surface area (Å²) in [5.41, 5.74) is 3.97. The van der Waals surface area contributed by atoms with E-state index in [-0.39, 0.29) is 0 Å². The SMILES string of the molecule is CCOCc1nc(NN)cc(NC2CCN(Cc3ccccc3)CC2)n1. The lowest BCUT2D eigenvalue weighted by Gasteiger charge is -2.32. The maximum atomic E-state index is 5.53. The van der Waals surface area contributed by atoms with Crippen LogP contribution in [0.3, 0.4) is 0 Å². The zero-order chi connectivity index (χ0) is 18.2. The summed E-state index contributed by atoms with van der Waals surface area (Å²) in [6.07, 6.45) is 2.17. The molecule has 0 spiro atoms. The third kappa shape index (κ3) is 5.39. The summed E-state index contributed by atoms with van der Waals surface area (Å²) in [5.74, 6) is 7.55. The fourth-order valence-corrected chi connectivity index (χ4v) is 3.19. The number of nitrogen functional groups attached to an aromatic ring is 1. The molecule has 4 N–H and O–H groups in total. The lowest BCUT2D eigenvalue weighted by atomic mass is 10.0. The first-order valence-corrected chi connectivity index (χ1v) is 9.22. The van der Waals surface area contributed by atoms with E-state index < -0.39 is 0 Å². The Morgan fingerprint density at radius 1 is 1.15 bits per heavy atom. The Bertz CT molecular complexity index is 673. The van der Waals surface area contributed by atoms with E-state index in [1.807, 2.05) is 13.0 Å². The van der Waals surface area contributed by atoms with Gasteiger partial charge in [0.05, 0.1) is 0 Å². The van der Waals surface area contributed by atoms with Crippen molar-refractivity contribution >= 4 is 11.6 Å². The van der Waals surface area contributed by atoms with Crippen molar-refractivity contribution in [2.45, 2.75) is 39.0 Å². The van der Waals surface area contributed by atoms with E-state index >= 15 is 0 Å². The molecule has 0 amide bonds. The number of ether oxygens (including phenoxy) is 1. The van der Waals surface area contributed by atoms with E-state index in [4.69, 9.17) is 10.6 Å². The van der Waals surface area contributed by atoms with Gasteiger partial charge in [-0.25, -0.2) is 15.8 Å². The van der Waals surface area contributed by atoms with Crippen LogP contribution in [0.5, 0.6) is 0 Å². The van der Waals surface area contributed by atoms with Gasteiger partial charge in [-0.2, -0.15) is 0 Å². The predicted molar refractivity (Wildman–Crippen MR) is 104 cm³/mol. The van der Waals surface area contributed by atoms with E-state index in [0.29, 0.717) is 30.9 Å². The molecule has 0 bridgehead atoms. The molecule has 0 unspecified atom stereocenters. The number of piperidine rings is 1. The van der Waals surface area contributed by atoms with Crippen molar-refractivity contribution in [1.29, 1.82) is 0 Å². The summed E-state index contributed by atoms with van der Waals surface area (Å²) >= 11 is 0. The van der Waals surface area contributed by atoms with Crippen molar-refractivity contribution in [1.82, 2.24) is 14.9 Å². The van der Waals surface area contributed by atoms with Gasteiger partial charge in [-0.15, -0.1) is 0 Å². The molecule has 7 heteroatoms. The van der Waals surface area contributed by atoms with Crippen molar-refractivity contribution in [3.63, 3.8) is 0 Å². The number of nitrogens with zero attached hydrogens (tertiary/aromatic N) is 3. The highest BCUT2D eigenvalue weighted by molar-refractivity contribution is 5.47. The van der Waals surface area contributed by atoms with Crippen LogP contribution in [0.25, 0.3) is 0 Å². The van der Waals surface area contributed by atoms with Crippen LogP contribution in [0, 0.1) is 0 Å². The van der Waals surface area contributed by atoms with E-state index in [2.05, 4.69) is 55.9 Å². The number of anilines is 2. The Labute approximate surface area is 154 Å². The van der Waals surface area contributed by atoms with E-state index in [9.17, 15) is 0 Å². The first kappa shape index (κ1) is 18.6. The second-order valence-electron chi connectivity index (χ2n) is 6.52. The monoisotopic (exact) mass is 356 g/mol. The number of likely N-dealkylation sites (tertiary alicyclic amines) is 1. The molecule has 7 nitrogen and oxygen atoms in total. The van der Waals surface area contributed by atoms with Crippen LogP contribution >= 0.6 is 0 Å². The summed E-state index contributed by atoms with van der Waals surface area (Å²) in [4.78, 5) is 11.4. The molecular formula is C19H28N6O. The predicted octanol–water partition coefficient (Wildman–Crippen LogP) is 2.38. The fourth-order valence-electron chi connectivity index (χ4n) is 3.19. The quantitative estimate of drug-likeness (QED) is 0.494. The molecule has 140 valence electrons. The summed E-state index contributed by atoms with van der Waals surface area (Å²) in [5, 5.41) is 3.53. The highest BCUT2D eigenvalue weighted by Crippen LogP contribution is 2.19. The Morgan fingerprint density at radius 2 is 1.88 bits per heavy atom. The van der Waals surface area contributed by atoms with Gasteiger partial charge >= 0.3 is 0 Å². The number of nitrogens with one attached hydrogen (secondary N) is 2. The number of hydrazine groups is 1. The fraction of sp³-hybridized carbons (Fsp3) is 0.474. The molecule has 1 fully saturated rings. The first-order valence-electron chi connectivity index (χ1n) is 9.22. The van der Waals surface area contributed by atoms with Crippen LogP contribution in [-0.2, 0) is 17.9 Å². The Hall–Kier alpha value is -2.22. The normalized spacial score (nSPS) is 15.8. The molecule has 1 saturated heterocycles. The number of nitrogens with two attached hydrogens (primary N) is 1. The van der Waals surface area contributed by atoms with Crippen molar-refractivity contribution in [2.24, 2.45) is 5.84 Å². The average molecular weight is 356 g/mol. The van der Waals surface area contributed by atoms with Gasteiger partial charge in [0.2, 0.25) is 0 Å². The lowest BCUT2D eigenvalue weighted by molar-refractivity contribution is 0.128. The molecular weight excluding hydrogens is 328 g/mol. The van der Waals surface area contributed by atoms with Gasteiger partial charge in [0.25, 0.3) is 0 Å². The molecule has 26 heavy (non-hydrogen) atoms. The number of benzene rings is 1. The van der Waals surface area contributed by atoms with E-state index in [1.54, 1.807) is 0 Å². The minimum atomic E-state index is 0.385. The van der Waals surface area contributed by atoms with Crippen molar-refractivity contribution < 1.29 is 4.74 Å². The maximum Gasteiger partial charge on any atom is 0.158 e. The molecule has 2 heterocycles. The Morgan fingerprint density at radius 3 is 2.58 bits per heavy atom. The first-order chi connectivity index (χ1) is 12.8. The molecule has 0 saturated carbocycles. The number of hydrogen-bond donors (Lipinski definition) is 3. The summed E-state index contributed by atoms with van der Waals surface area (Å²) in [7, 11) is 0. The second kappa shape index (κ2) is 9.47. The standard InChI is InChI=1S/C19H28N6O/c1-2-26-14-19-22-17(12-18(23-19)24-20)21-16-8-10-25(11-9-16)13-15-6-4-3-5-7-15/h3-7,12,16H,2,8-11,13-14,20H2,1H3,(H2,21,22,23,24). The molecule has 1 aromatic heterocycles. The van der Waals surface area contributed by atoms with Crippen molar-refractivity contribution in [3.8, 4) is 0 Å². The summed E-state index contributed by atoms with van der Waals surface area (Å²) in [6, 6.07) is 12.9. The molecule has 1 aromatic carbocycles. The largest absolute Gasteiger partial charge is 0.374 e. The van der Waals surface area contributed by atoms with Gasteiger partial charge in [-0.3, -0.25) is 4.90 Å². The summed E-state index contributed by atoms with van der Waals surface area (Å²) < 4.78 is 5.41. The van der Waals surface area contributed by atoms with Crippen LogP contribution in [0.1, 0.15) is 31.2 Å². The van der Waals surface area contributed by atoms with Crippen LogP contribution in [0.2, 0.25) is 0 Å². The topological polar surface area (TPSA) is 88.3 Å². The van der Waals surface area contributed by atoms with E-state index in [1.165, 1.54) is 5.56 Å². The Kier molecular flexibility index (Phi) is 6.76. The zero-order valence-corrected chi connectivity index (χ0v) is 15.3. The smallest absolute Gasteiger partial charge is 0.158 e. The van der Waals surface area contributed by atoms with Crippen LogP contribution in [-0.4, -0.2) is 40.6 Å². The van der Waals surface area contributed by atoms with Crippen LogP contribution in [0.4, 0.5) is 11.6 Å². The number of aromatic nitrogens is 2. The number of hydrogen-bond acceptors (Lipinski definition) is 7. The van der Waals surface area contributed by atoms with Gasteiger partial charge < -0.3 is 15.5 Å². The highest BCUT2D eigenvalue weighted by atomic mass is 16.5. The third-order valence-corrected chi connectivity index (χ3v) is 4.54. The second-order valence-corrected chi connectivity index (χ2v) is 6.52. The molecule has 0 radical (unpaired) electrons. The lowest BCUT2D eigenvalue weighted by Crippen LogP contribution is -2.38. The Balaban J connectivity index is 1.53. The molecule has 1 aliphatic rings. The van der Waals surface area contributed by atoms with E-state index in [0.717, 1.165) is 38.3 Å². The van der Waals surface area contributed by atoms with Gasteiger partial charge in [0.15, 0.2) is 5.82 Å². The average Bonchev–Trinajstić information content (AvgIpc) is 2.68. The van der Waals surface area contributed by atoms with Crippen LogP contribution in [0.15, 0.2) is 36.4 Å². The molecule has 0 aliphatic carbocycles. The van der Waals surface area contributed by atoms with Gasteiger partial charge in [0, 0.05) is 38.3 Å². The van der Waals surface area contributed by atoms with Crippen LogP contribution < -0.4 is 16.6 Å². The van der Waals surface area contributed by atoms with Crippen molar-refractivity contribution in [3.05, 3.63) is 47.8 Å². The molecule has 3 rings (SSSR count). The minimum absolute atomic E-state index is 0.385. The number of rotatable bonds is 8. The van der Waals surface area contributed by atoms with Gasteiger partial charge in [-0.05, 0) is 25.3 Å². The zero-order valence-electron chi connectivity index (χ0n) is 15.3. The molecule has 2 aromatic rings. The molecule has 1 aliphatic heterocycles. The molecule has 0 atom stereocenters.